The number of amides is 2. The highest BCUT2D eigenvalue weighted by Gasteiger charge is 2.12. The van der Waals surface area contributed by atoms with Crippen LogP contribution in [0.15, 0.2) is 42.7 Å². The number of aromatic nitrogens is 1. The molecular weight excluding hydrogens is 349 g/mol. The van der Waals surface area contributed by atoms with Crippen molar-refractivity contribution in [1.82, 2.24) is 15.2 Å². The van der Waals surface area contributed by atoms with E-state index in [4.69, 9.17) is 23.2 Å². The van der Waals surface area contributed by atoms with Crippen molar-refractivity contribution in [3.8, 4) is 0 Å². The minimum atomic E-state index is -0.371. The number of hydrogen-bond donors (Lipinski definition) is 1. The van der Waals surface area contributed by atoms with Gasteiger partial charge in [-0.3, -0.25) is 14.6 Å². The third-order valence-corrected chi connectivity index (χ3v) is 4.23. The van der Waals surface area contributed by atoms with Crippen LogP contribution in [0.1, 0.15) is 15.9 Å². The van der Waals surface area contributed by atoms with E-state index in [1.54, 1.807) is 36.5 Å². The molecule has 24 heavy (non-hydrogen) atoms. The maximum Gasteiger partial charge on any atom is 0.251 e. The molecule has 5 nitrogen and oxygen atoms in total. The van der Waals surface area contributed by atoms with Crippen molar-refractivity contribution in [3.05, 3.63) is 63.9 Å². The van der Waals surface area contributed by atoms with E-state index in [0.29, 0.717) is 22.2 Å². The Morgan fingerprint density at radius 3 is 2.50 bits per heavy atom. The van der Waals surface area contributed by atoms with Gasteiger partial charge in [-0.1, -0.05) is 23.2 Å². The van der Waals surface area contributed by atoms with Crippen molar-refractivity contribution in [3.63, 3.8) is 0 Å². The average Bonchev–Trinajstić information content (AvgIpc) is 2.60. The number of nitrogens with zero attached hydrogens (tertiary/aromatic N) is 2. The van der Waals surface area contributed by atoms with Gasteiger partial charge in [0.1, 0.15) is 0 Å². The Morgan fingerprint density at radius 2 is 1.83 bits per heavy atom. The van der Waals surface area contributed by atoms with Gasteiger partial charge < -0.3 is 10.2 Å². The standard InChI is InChI=1S/C17H17Cl2N3O2/c1-22(9-6-12-4-7-20-8-5-12)16(23)11-21-17(24)13-2-3-14(18)15(19)10-13/h2-5,7-8,10H,6,9,11H2,1H3,(H,21,24). The second-order valence-corrected chi connectivity index (χ2v) is 6.05. The lowest BCUT2D eigenvalue weighted by molar-refractivity contribution is -0.128. The van der Waals surface area contributed by atoms with E-state index in [-0.39, 0.29) is 18.4 Å². The third-order valence-electron chi connectivity index (χ3n) is 3.49. The van der Waals surface area contributed by atoms with Crippen molar-refractivity contribution in [2.75, 3.05) is 20.1 Å². The smallest absolute Gasteiger partial charge is 0.251 e. The topological polar surface area (TPSA) is 62.3 Å². The first-order valence-corrected chi connectivity index (χ1v) is 8.09. The maximum absolute atomic E-state index is 12.1. The zero-order valence-electron chi connectivity index (χ0n) is 13.1. The summed E-state index contributed by atoms with van der Waals surface area (Å²) < 4.78 is 0. The number of pyridine rings is 1. The number of rotatable bonds is 6. The van der Waals surface area contributed by atoms with E-state index < -0.39 is 0 Å². The summed E-state index contributed by atoms with van der Waals surface area (Å²) in [6, 6.07) is 8.38. The van der Waals surface area contributed by atoms with E-state index in [2.05, 4.69) is 10.3 Å². The predicted octanol–water partition coefficient (Wildman–Crippen LogP) is 2.82. The zero-order chi connectivity index (χ0) is 17.5. The molecule has 0 radical (unpaired) electrons. The summed E-state index contributed by atoms with van der Waals surface area (Å²) in [4.78, 5) is 29.6. The van der Waals surface area contributed by atoms with E-state index in [1.165, 1.54) is 6.07 Å². The molecule has 2 rings (SSSR count). The van der Waals surface area contributed by atoms with Crippen LogP contribution in [0.4, 0.5) is 0 Å². The molecule has 0 unspecified atom stereocenters. The molecule has 0 atom stereocenters. The number of likely N-dealkylation sites (N-methyl/N-ethyl adjacent to an activating group) is 1. The van der Waals surface area contributed by atoms with Gasteiger partial charge >= 0.3 is 0 Å². The van der Waals surface area contributed by atoms with Gasteiger partial charge in [0.25, 0.3) is 5.91 Å². The molecule has 2 amide bonds. The SMILES string of the molecule is CN(CCc1ccncc1)C(=O)CNC(=O)c1ccc(Cl)c(Cl)c1. The van der Waals surface area contributed by atoms with Gasteiger partial charge in [0.2, 0.25) is 5.91 Å². The molecule has 0 saturated carbocycles. The quantitative estimate of drug-likeness (QED) is 0.855. The maximum atomic E-state index is 12.1. The number of carbonyl (C=O) groups excluding carboxylic acids is 2. The second kappa shape index (κ2) is 8.66. The third kappa shape index (κ3) is 5.22. The van der Waals surface area contributed by atoms with Crippen LogP contribution in [0, 0.1) is 0 Å². The Labute approximate surface area is 150 Å². The fraction of sp³-hybridized carbons (Fsp3) is 0.235. The molecule has 0 bridgehead atoms. The van der Waals surface area contributed by atoms with Crippen LogP contribution in [-0.2, 0) is 11.2 Å². The van der Waals surface area contributed by atoms with E-state index in [0.717, 1.165) is 12.0 Å². The van der Waals surface area contributed by atoms with E-state index in [9.17, 15) is 9.59 Å². The molecule has 1 heterocycles. The lowest BCUT2D eigenvalue weighted by atomic mass is 10.2. The lowest BCUT2D eigenvalue weighted by Crippen LogP contribution is -2.39. The van der Waals surface area contributed by atoms with Crippen LogP contribution in [0.2, 0.25) is 10.0 Å². The van der Waals surface area contributed by atoms with Gasteiger partial charge in [-0.05, 0) is 42.3 Å². The number of carbonyl (C=O) groups is 2. The van der Waals surface area contributed by atoms with Crippen molar-refractivity contribution >= 4 is 35.0 Å². The monoisotopic (exact) mass is 365 g/mol. The van der Waals surface area contributed by atoms with Crippen LogP contribution in [-0.4, -0.2) is 41.8 Å². The summed E-state index contributed by atoms with van der Waals surface area (Å²) in [7, 11) is 1.70. The predicted molar refractivity (Wildman–Crippen MR) is 94.4 cm³/mol. The largest absolute Gasteiger partial charge is 0.344 e. The van der Waals surface area contributed by atoms with Gasteiger partial charge in [0.05, 0.1) is 16.6 Å². The van der Waals surface area contributed by atoms with Crippen molar-refractivity contribution in [2.24, 2.45) is 0 Å². The Morgan fingerprint density at radius 1 is 1.12 bits per heavy atom. The lowest BCUT2D eigenvalue weighted by Gasteiger charge is -2.17. The number of benzene rings is 1. The highest BCUT2D eigenvalue weighted by molar-refractivity contribution is 6.42. The van der Waals surface area contributed by atoms with Crippen LogP contribution >= 0.6 is 23.2 Å². The van der Waals surface area contributed by atoms with E-state index >= 15 is 0 Å². The highest BCUT2D eigenvalue weighted by atomic mass is 35.5. The molecule has 1 aromatic heterocycles. The van der Waals surface area contributed by atoms with Gasteiger partial charge in [-0.15, -0.1) is 0 Å². The van der Waals surface area contributed by atoms with Crippen LogP contribution < -0.4 is 5.32 Å². The summed E-state index contributed by atoms with van der Waals surface area (Å²) in [5.74, 6) is -0.540. The molecule has 126 valence electrons. The second-order valence-electron chi connectivity index (χ2n) is 5.23. The fourth-order valence-corrected chi connectivity index (χ4v) is 2.30. The number of nitrogens with one attached hydrogen (secondary N) is 1. The molecular formula is C17H17Cl2N3O2. The molecule has 7 heteroatoms. The zero-order valence-corrected chi connectivity index (χ0v) is 14.6. The molecule has 0 spiro atoms. The van der Waals surface area contributed by atoms with Gasteiger partial charge in [0.15, 0.2) is 0 Å². The van der Waals surface area contributed by atoms with Crippen LogP contribution in [0.25, 0.3) is 0 Å². The fourth-order valence-electron chi connectivity index (χ4n) is 2.00. The minimum absolute atomic E-state index is 0.0775. The highest BCUT2D eigenvalue weighted by Crippen LogP contribution is 2.22. The molecule has 2 aromatic rings. The van der Waals surface area contributed by atoms with Crippen molar-refractivity contribution in [2.45, 2.75) is 6.42 Å². The summed E-state index contributed by atoms with van der Waals surface area (Å²) in [6.45, 7) is 0.484. The normalized spacial score (nSPS) is 10.3. The molecule has 0 aliphatic carbocycles. The van der Waals surface area contributed by atoms with Crippen molar-refractivity contribution < 1.29 is 9.59 Å². The average molecular weight is 366 g/mol. The first-order valence-electron chi connectivity index (χ1n) is 7.33. The molecule has 0 aliphatic rings. The van der Waals surface area contributed by atoms with Crippen LogP contribution in [0.3, 0.4) is 0 Å². The van der Waals surface area contributed by atoms with Crippen molar-refractivity contribution in [1.29, 1.82) is 0 Å². The molecule has 0 aliphatic heterocycles. The Bertz CT molecular complexity index is 723. The number of halogens is 2. The first-order chi connectivity index (χ1) is 11.5. The minimum Gasteiger partial charge on any atom is -0.344 e. The Kier molecular flexibility index (Phi) is 6.58. The first kappa shape index (κ1) is 18.2. The molecule has 0 fully saturated rings. The summed E-state index contributed by atoms with van der Waals surface area (Å²) >= 11 is 11.7. The summed E-state index contributed by atoms with van der Waals surface area (Å²) in [6.07, 6.45) is 4.16. The van der Waals surface area contributed by atoms with Gasteiger partial charge in [-0.2, -0.15) is 0 Å². The van der Waals surface area contributed by atoms with E-state index in [1.807, 2.05) is 12.1 Å². The summed E-state index contributed by atoms with van der Waals surface area (Å²) in [5.41, 5.74) is 1.46. The molecule has 0 saturated heterocycles. The number of hydrogen-bond acceptors (Lipinski definition) is 3. The Balaban J connectivity index is 1.81. The van der Waals surface area contributed by atoms with Gasteiger partial charge in [-0.25, -0.2) is 0 Å². The molecule has 1 N–H and O–H groups in total. The van der Waals surface area contributed by atoms with Crippen LogP contribution in [0.5, 0.6) is 0 Å². The summed E-state index contributed by atoms with van der Waals surface area (Å²) in [5, 5.41) is 3.25. The Hall–Kier alpha value is -2.11. The molecule has 1 aromatic carbocycles. The van der Waals surface area contributed by atoms with Gasteiger partial charge in [0, 0.05) is 31.5 Å².